The molecule has 2 amide bonds. The van der Waals surface area contributed by atoms with Crippen molar-refractivity contribution < 1.29 is 24.2 Å². The highest BCUT2D eigenvalue weighted by Crippen LogP contribution is 2.35. The van der Waals surface area contributed by atoms with Crippen molar-refractivity contribution in [2.24, 2.45) is 5.92 Å². The van der Waals surface area contributed by atoms with Gasteiger partial charge in [-0.25, -0.2) is 14.8 Å². The Morgan fingerprint density at radius 3 is 2.58 bits per heavy atom. The van der Waals surface area contributed by atoms with Gasteiger partial charge < -0.3 is 20.5 Å². The summed E-state index contributed by atoms with van der Waals surface area (Å²) in [4.78, 5) is 46.0. The monoisotopic (exact) mass is 516 g/mol. The fourth-order valence-electron chi connectivity index (χ4n) is 4.18. The Balaban J connectivity index is 1.42. The van der Waals surface area contributed by atoms with Gasteiger partial charge in [-0.1, -0.05) is 30.3 Å². The first-order valence-corrected chi connectivity index (χ1v) is 12.3. The van der Waals surface area contributed by atoms with Gasteiger partial charge in [0.25, 0.3) is 5.91 Å². The number of carbonyl (C=O) groups is 3. The number of amides is 2. The zero-order valence-corrected chi connectivity index (χ0v) is 20.9. The molecule has 2 aromatic heterocycles. The van der Waals surface area contributed by atoms with E-state index in [0.717, 1.165) is 18.4 Å². The van der Waals surface area contributed by atoms with E-state index < -0.39 is 23.5 Å². The molecule has 0 spiro atoms. The van der Waals surface area contributed by atoms with Crippen molar-refractivity contribution in [3.63, 3.8) is 0 Å². The van der Waals surface area contributed by atoms with Crippen LogP contribution in [-0.2, 0) is 15.1 Å². The van der Waals surface area contributed by atoms with Crippen molar-refractivity contribution in [3.05, 3.63) is 77.1 Å². The van der Waals surface area contributed by atoms with Crippen LogP contribution in [0, 0.1) is 5.92 Å². The number of benzene rings is 1. The second kappa shape index (κ2) is 10.1. The lowest BCUT2D eigenvalue weighted by Gasteiger charge is -2.21. The van der Waals surface area contributed by atoms with E-state index in [4.69, 9.17) is 4.74 Å². The number of ether oxygens (including phenoxy) is 1. The molecule has 5 rings (SSSR count). The number of hydrogen-bond acceptors (Lipinski definition) is 9. The number of rotatable bonds is 8. The number of cyclic esters (lactones) is 1. The number of aromatic nitrogens is 2. The number of pyridine rings is 2. The third-order valence-corrected chi connectivity index (χ3v) is 6.40. The number of esters is 1. The van der Waals surface area contributed by atoms with Crippen molar-refractivity contribution in [3.8, 4) is 0 Å². The molecule has 0 saturated heterocycles. The first-order chi connectivity index (χ1) is 18.2. The number of nitrogens with zero attached hydrogens (tertiary/aromatic N) is 2. The van der Waals surface area contributed by atoms with Crippen molar-refractivity contribution in [2.75, 3.05) is 17.2 Å². The third kappa shape index (κ3) is 5.28. The molecule has 0 radical (unpaired) electrons. The summed E-state index contributed by atoms with van der Waals surface area (Å²) in [7, 11) is 0. The summed E-state index contributed by atoms with van der Waals surface area (Å²) in [6.45, 7) is 3.30. The average Bonchev–Trinajstić information content (AvgIpc) is 3.73. The molecule has 38 heavy (non-hydrogen) atoms. The van der Waals surface area contributed by atoms with Gasteiger partial charge in [0.2, 0.25) is 5.91 Å². The first kappa shape index (κ1) is 25.2. The molecular weight excluding hydrogens is 488 g/mol. The summed E-state index contributed by atoms with van der Waals surface area (Å²) in [6.07, 6.45) is 2.98. The van der Waals surface area contributed by atoms with Crippen LogP contribution in [0.3, 0.4) is 0 Å². The Kier molecular flexibility index (Phi) is 6.68. The SMILES string of the molecule is CC1(C)OC(=O)c2ccc(Nc3cc(N[C@H](CO)c4ccccc4)c(C(=O)NNC(=O)C4CC4)cn3)nc21. The molecule has 1 aliphatic carbocycles. The summed E-state index contributed by atoms with van der Waals surface area (Å²) < 4.78 is 5.39. The number of aliphatic hydroxyl groups excluding tert-OH is 1. The number of hydrazine groups is 1. The summed E-state index contributed by atoms with van der Waals surface area (Å²) in [6, 6.07) is 13.7. The van der Waals surface area contributed by atoms with Gasteiger partial charge in [0.15, 0.2) is 0 Å². The smallest absolute Gasteiger partial charge is 0.341 e. The summed E-state index contributed by atoms with van der Waals surface area (Å²) in [5.41, 5.74) is 6.32. The fraction of sp³-hybridized carbons (Fsp3) is 0.296. The van der Waals surface area contributed by atoms with Crippen molar-refractivity contribution in [2.45, 2.75) is 38.3 Å². The van der Waals surface area contributed by atoms with Gasteiger partial charge in [-0.05, 0) is 44.4 Å². The van der Waals surface area contributed by atoms with E-state index in [1.54, 1.807) is 32.0 Å². The van der Waals surface area contributed by atoms with E-state index in [-0.39, 0.29) is 24.0 Å². The van der Waals surface area contributed by atoms with Crippen LogP contribution in [0.25, 0.3) is 0 Å². The Labute approximate surface area is 219 Å². The van der Waals surface area contributed by atoms with Crippen LogP contribution in [0.15, 0.2) is 54.7 Å². The molecule has 1 atom stereocenters. The van der Waals surface area contributed by atoms with Crippen molar-refractivity contribution >= 4 is 35.1 Å². The number of hydrogen-bond donors (Lipinski definition) is 5. The van der Waals surface area contributed by atoms with Gasteiger partial charge in [-0.2, -0.15) is 0 Å². The topological polar surface area (TPSA) is 155 Å². The maximum absolute atomic E-state index is 13.0. The standard InChI is InChI=1S/C27H28N6O5/c1-27(2)23-17(26(37)38-27)10-11-21(31-23)30-22-12-19(29-20(14-34)15-6-4-3-5-7-15)18(13-28-22)25(36)33-32-24(35)16-8-9-16/h3-7,10-13,16,20,34H,8-9,14H2,1-2H3,(H,32,35)(H,33,36)(H2,28,29,30,31)/t20-/m1/s1. The largest absolute Gasteiger partial charge is 0.449 e. The van der Waals surface area contributed by atoms with E-state index in [1.165, 1.54) is 6.20 Å². The highest BCUT2D eigenvalue weighted by atomic mass is 16.6. The minimum absolute atomic E-state index is 0.0695. The van der Waals surface area contributed by atoms with E-state index in [1.807, 2.05) is 30.3 Å². The quantitative estimate of drug-likeness (QED) is 0.224. The van der Waals surface area contributed by atoms with E-state index in [2.05, 4.69) is 31.5 Å². The van der Waals surface area contributed by atoms with Gasteiger partial charge in [0.1, 0.15) is 22.9 Å². The molecule has 2 aliphatic rings. The Morgan fingerprint density at radius 1 is 1.11 bits per heavy atom. The number of fused-ring (bicyclic) bond motifs is 1. The third-order valence-electron chi connectivity index (χ3n) is 6.40. The van der Waals surface area contributed by atoms with E-state index >= 15 is 0 Å². The lowest BCUT2D eigenvalue weighted by Crippen LogP contribution is -2.42. The first-order valence-electron chi connectivity index (χ1n) is 12.3. The zero-order chi connectivity index (χ0) is 26.9. The molecule has 1 aromatic carbocycles. The predicted octanol–water partition coefficient (Wildman–Crippen LogP) is 2.94. The lowest BCUT2D eigenvalue weighted by molar-refractivity contribution is -0.123. The molecule has 11 nitrogen and oxygen atoms in total. The zero-order valence-electron chi connectivity index (χ0n) is 20.9. The van der Waals surface area contributed by atoms with Gasteiger partial charge >= 0.3 is 5.97 Å². The molecule has 1 saturated carbocycles. The Bertz CT molecular complexity index is 1390. The van der Waals surface area contributed by atoms with Gasteiger partial charge in [-0.3, -0.25) is 20.4 Å². The molecule has 196 valence electrons. The van der Waals surface area contributed by atoms with Crippen LogP contribution >= 0.6 is 0 Å². The van der Waals surface area contributed by atoms with Crippen molar-refractivity contribution in [1.29, 1.82) is 0 Å². The molecule has 0 unspecified atom stereocenters. The van der Waals surface area contributed by atoms with Crippen LogP contribution in [0.5, 0.6) is 0 Å². The minimum atomic E-state index is -0.860. The highest BCUT2D eigenvalue weighted by Gasteiger charge is 2.39. The van der Waals surface area contributed by atoms with Crippen molar-refractivity contribution in [1.82, 2.24) is 20.8 Å². The molecule has 3 heterocycles. The molecule has 1 fully saturated rings. The van der Waals surface area contributed by atoms with E-state index in [9.17, 15) is 19.5 Å². The second-order valence-corrected chi connectivity index (χ2v) is 9.74. The van der Waals surface area contributed by atoms with Gasteiger partial charge in [-0.15, -0.1) is 0 Å². The van der Waals surface area contributed by atoms with Crippen LogP contribution in [0.4, 0.5) is 17.3 Å². The molecule has 11 heteroatoms. The summed E-state index contributed by atoms with van der Waals surface area (Å²) in [5.74, 6) is -0.479. The van der Waals surface area contributed by atoms with Crippen LogP contribution < -0.4 is 21.5 Å². The maximum atomic E-state index is 13.0. The highest BCUT2D eigenvalue weighted by molar-refractivity contribution is 6.01. The lowest BCUT2D eigenvalue weighted by atomic mass is 10.0. The number of nitrogens with one attached hydrogen (secondary N) is 4. The summed E-state index contributed by atoms with van der Waals surface area (Å²) in [5, 5.41) is 16.4. The predicted molar refractivity (Wildman–Crippen MR) is 138 cm³/mol. The molecule has 5 N–H and O–H groups in total. The molecule has 3 aromatic rings. The normalized spacial score (nSPS) is 16.1. The Hall–Kier alpha value is -4.51. The molecular formula is C27H28N6O5. The average molecular weight is 517 g/mol. The fourth-order valence-corrected chi connectivity index (χ4v) is 4.18. The van der Waals surface area contributed by atoms with Crippen LogP contribution in [0.2, 0.25) is 0 Å². The number of carbonyl (C=O) groups excluding carboxylic acids is 3. The van der Waals surface area contributed by atoms with Crippen LogP contribution in [0.1, 0.15) is 64.7 Å². The van der Waals surface area contributed by atoms with Gasteiger partial charge in [0.05, 0.1) is 29.5 Å². The number of anilines is 3. The van der Waals surface area contributed by atoms with Gasteiger partial charge in [0, 0.05) is 18.2 Å². The number of aliphatic hydroxyl groups is 1. The maximum Gasteiger partial charge on any atom is 0.341 e. The molecule has 0 bridgehead atoms. The minimum Gasteiger partial charge on any atom is -0.449 e. The van der Waals surface area contributed by atoms with Crippen LogP contribution in [-0.4, -0.2) is 39.5 Å². The second-order valence-electron chi connectivity index (χ2n) is 9.74. The summed E-state index contributed by atoms with van der Waals surface area (Å²) >= 11 is 0. The van der Waals surface area contributed by atoms with E-state index in [0.29, 0.717) is 28.6 Å². The Morgan fingerprint density at radius 2 is 1.87 bits per heavy atom. The molecule has 1 aliphatic heterocycles.